The quantitative estimate of drug-likeness (QED) is 0.592. The van der Waals surface area contributed by atoms with Gasteiger partial charge < -0.3 is 9.64 Å². The molecule has 0 radical (unpaired) electrons. The molecule has 0 unspecified atom stereocenters. The van der Waals surface area contributed by atoms with Crippen LogP contribution < -0.4 is 0 Å². The number of ether oxygens (including phenoxy) is 1. The molecule has 0 aliphatic carbocycles. The molecule has 1 aliphatic heterocycles. The van der Waals surface area contributed by atoms with Crippen molar-refractivity contribution in [2.24, 2.45) is 5.41 Å². The van der Waals surface area contributed by atoms with Crippen molar-refractivity contribution in [3.05, 3.63) is 12.5 Å². The minimum atomic E-state index is -0.180. The lowest BCUT2D eigenvalue weighted by Gasteiger charge is -2.60. The Hall–Kier alpha value is -0.660. The highest BCUT2D eigenvalue weighted by Crippen LogP contribution is 2.51. The fourth-order valence-corrected chi connectivity index (χ4v) is 1.96. The summed E-state index contributed by atoms with van der Waals surface area (Å²) in [4.78, 5) is 2.12. The van der Waals surface area contributed by atoms with Gasteiger partial charge in [0.1, 0.15) is 5.60 Å². The van der Waals surface area contributed by atoms with E-state index in [1.807, 2.05) is 7.05 Å². The Morgan fingerprint density at radius 3 is 1.93 bits per heavy atom. The van der Waals surface area contributed by atoms with Gasteiger partial charge in [0.05, 0.1) is 0 Å². The van der Waals surface area contributed by atoms with Crippen LogP contribution in [0.3, 0.4) is 0 Å². The van der Waals surface area contributed by atoms with Gasteiger partial charge in [-0.3, -0.25) is 0 Å². The van der Waals surface area contributed by atoms with Gasteiger partial charge in [-0.15, -0.1) is 0 Å². The molecule has 82 valence electrons. The molecular formula is C12H23NO. The van der Waals surface area contributed by atoms with Crippen LogP contribution in [0.15, 0.2) is 12.5 Å². The van der Waals surface area contributed by atoms with E-state index in [9.17, 15) is 0 Å². The van der Waals surface area contributed by atoms with Gasteiger partial charge in [0.2, 0.25) is 0 Å². The first-order valence-corrected chi connectivity index (χ1v) is 5.16. The van der Waals surface area contributed by atoms with Crippen molar-refractivity contribution in [2.45, 2.75) is 52.7 Å². The summed E-state index contributed by atoms with van der Waals surface area (Å²) in [5.74, 6) is 0.763. The maximum atomic E-state index is 5.87. The van der Waals surface area contributed by atoms with Gasteiger partial charge in [0.25, 0.3) is 0 Å². The van der Waals surface area contributed by atoms with E-state index < -0.39 is 0 Å². The van der Waals surface area contributed by atoms with Gasteiger partial charge in [0, 0.05) is 18.0 Å². The lowest BCUT2D eigenvalue weighted by Crippen LogP contribution is -2.65. The predicted molar refractivity (Wildman–Crippen MR) is 59.9 cm³/mol. The van der Waals surface area contributed by atoms with Crippen LogP contribution in [-0.4, -0.2) is 23.1 Å². The highest BCUT2D eigenvalue weighted by atomic mass is 16.5. The zero-order valence-electron chi connectivity index (χ0n) is 10.6. The largest absolute Gasteiger partial charge is 0.473 e. The second-order valence-electron chi connectivity index (χ2n) is 5.75. The van der Waals surface area contributed by atoms with Crippen molar-refractivity contribution in [1.82, 2.24) is 4.90 Å². The molecule has 0 atom stereocenters. The van der Waals surface area contributed by atoms with Crippen LogP contribution in [0.4, 0.5) is 0 Å². The summed E-state index contributed by atoms with van der Waals surface area (Å²) in [6.07, 6.45) is 0. The van der Waals surface area contributed by atoms with Crippen molar-refractivity contribution < 1.29 is 4.74 Å². The molecule has 1 heterocycles. The van der Waals surface area contributed by atoms with E-state index in [-0.39, 0.29) is 16.6 Å². The van der Waals surface area contributed by atoms with Crippen LogP contribution in [0.1, 0.15) is 41.5 Å². The summed E-state index contributed by atoms with van der Waals surface area (Å²) in [5, 5.41) is 0. The number of hydrogen-bond acceptors (Lipinski definition) is 2. The Morgan fingerprint density at radius 2 is 1.50 bits per heavy atom. The minimum Gasteiger partial charge on any atom is -0.473 e. The third-order valence-electron chi connectivity index (χ3n) is 4.62. The van der Waals surface area contributed by atoms with Crippen LogP contribution in [0, 0.1) is 5.41 Å². The second-order valence-corrected chi connectivity index (χ2v) is 5.75. The molecule has 2 nitrogen and oxygen atoms in total. The van der Waals surface area contributed by atoms with Crippen LogP contribution in [-0.2, 0) is 4.74 Å². The van der Waals surface area contributed by atoms with Gasteiger partial charge in [0.15, 0.2) is 5.88 Å². The SMILES string of the molecule is C=C1OC(C)(C)C(C)(C)C(C)(C)N1C. The highest BCUT2D eigenvalue weighted by Gasteiger charge is 2.56. The van der Waals surface area contributed by atoms with Crippen molar-refractivity contribution in [3.63, 3.8) is 0 Å². The minimum absolute atomic E-state index is 0.0475. The fourth-order valence-electron chi connectivity index (χ4n) is 1.96. The normalized spacial score (nSPS) is 28.5. The summed E-state index contributed by atoms with van der Waals surface area (Å²) in [6.45, 7) is 17.2. The van der Waals surface area contributed by atoms with Gasteiger partial charge in [-0.1, -0.05) is 13.8 Å². The zero-order chi connectivity index (χ0) is 11.4. The summed E-state index contributed by atoms with van der Waals surface area (Å²) >= 11 is 0. The lowest BCUT2D eigenvalue weighted by atomic mass is 9.63. The van der Waals surface area contributed by atoms with Crippen molar-refractivity contribution in [2.75, 3.05) is 7.05 Å². The Bertz CT molecular complexity index is 263. The average Bonchev–Trinajstić information content (AvgIpc) is 1.99. The standard InChI is InChI=1S/C12H23NO/c1-9-13(8)11(4,5)10(2,3)12(6,7)14-9/h1H2,2-8H3. The summed E-state index contributed by atoms with van der Waals surface area (Å²) in [7, 11) is 2.04. The van der Waals surface area contributed by atoms with E-state index in [4.69, 9.17) is 4.74 Å². The lowest BCUT2D eigenvalue weighted by molar-refractivity contribution is -0.195. The Morgan fingerprint density at radius 1 is 1.07 bits per heavy atom. The molecule has 0 aromatic carbocycles. The molecule has 1 saturated heterocycles. The fraction of sp³-hybridized carbons (Fsp3) is 0.833. The monoisotopic (exact) mass is 197 g/mol. The first kappa shape index (κ1) is 11.4. The second kappa shape index (κ2) is 2.68. The van der Waals surface area contributed by atoms with E-state index >= 15 is 0 Å². The molecule has 0 N–H and O–H groups in total. The molecule has 0 aromatic heterocycles. The highest BCUT2D eigenvalue weighted by molar-refractivity contribution is 5.12. The van der Waals surface area contributed by atoms with E-state index in [0.29, 0.717) is 0 Å². The Kier molecular flexibility index (Phi) is 2.18. The summed E-state index contributed by atoms with van der Waals surface area (Å²) in [6, 6.07) is 0. The first-order valence-electron chi connectivity index (χ1n) is 5.16. The van der Waals surface area contributed by atoms with Crippen molar-refractivity contribution >= 4 is 0 Å². The van der Waals surface area contributed by atoms with Crippen LogP contribution in [0.2, 0.25) is 0 Å². The number of rotatable bonds is 0. The van der Waals surface area contributed by atoms with E-state index in [1.54, 1.807) is 0 Å². The molecule has 14 heavy (non-hydrogen) atoms. The van der Waals surface area contributed by atoms with Crippen molar-refractivity contribution in [1.29, 1.82) is 0 Å². The van der Waals surface area contributed by atoms with Gasteiger partial charge in [-0.2, -0.15) is 0 Å². The maximum Gasteiger partial charge on any atom is 0.182 e. The van der Waals surface area contributed by atoms with Gasteiger partial charge >= 0.3 is 0 Å². The third kappa shape index (κ3) is 1.16. The molecule has 0 bridgehead atoms. The topological polar surface area (TPSA) is 12.5 Å². The zero-order valence-corrected chi connectivity index (χ0v) is 10.6. The molecule has 0 spiro atoms. The molecule has 0 aromatic rings. The molecule has 1 rings (SSSR count). The van der Waals surface area contributed by atoms with Crippen molar-refractivity contribution in [3.8, 4) is 0 Å². The van der Waals surface area contributed by atoms with E-state index in [0.717, 1.165) is 5.88 Å². The first-order chi connectivity index (χ1) is 6.04. The molecule has 2 heteroatoms. The van der Waals surface area contributed by atoms with Gasteiger partial charge in [-0.25, -0.2) is 0 Å². The summed E-state index contributed by atoms with van der Waals surface area (Å²) in [5.41, 5.74) is -0.0676. The number of hydrogen-bond donors (Lipinski definition) is 0. The Labute approximate surface area is 87.9 Å². The maximum absolute atomic E-state index is 5.87. The smallest absolute Gasteiger partial charge is 0.182 e. The Balaban J connectivity index is 3.22. The molecule has 1 fully saturated rings. The molecule has 1 aliphatic rings. The van der Waals surface area contributed by atoms with Crippen LogP contribution in [0.25, 0.3) is 0 Å². The molecule has 0 amide bonds. The predicted octanol–water partition coefficient (Wildman–Crippen LogP) is 3.00. The van der Waals surface area contributed by atoms with E-state index in [1.165, 1.54) is 0 Å². The number of nitrogens with zero attached hydrogens (tertiary/aromatic N) is 1. The van der Waals surface area contributed by atoms with Crippen LogP contribution >= 0.6 is 0 Å². The van der Waals surface area contributed by atoms with Crippen LogP contribution in [0.5, 0.6) is 0 Å². The molecular weight excluding hydrogens is 174 g/mol. The third-order valence-corrected chi connectivity index (χ3v) is 4.62. The average molecular weight is 197 g/mol. The van der Waals surface area contributed by atoms with Gasteiger partial charge in [-0.05, 0) is 34.3 Å². The molecule has 0 saturated carbocycles. The van der Waals surface area contributed by atoms with E-state index in [2.05, 4.69) is 53.0 Å². The summed E-state index contributed by atoms with van der Waals surface area (Å²) < 4.78 is 5.87.